The van der Waals surface area contributed by atoms with Crippen LogP contribution in [0.4, 0.5) is 13.2 Å². The molecular formula is C11H14ClF3S. The van der Waals surface area contributed by atoms with Crippen LogP contribution >= 0.6 is 23.4 Å². The minimum atomic E-state index is -4.11. The summed E-state index contributed by atoms with van der Waals surface area (Å²) in [5.41, 5.74) is -4.11. The second-order valence-electron chi connectivity index (χ2n) is 5.84. The molecule has 0 radical (unpaired) electrons. The molecule has 0 aliphatic heterocycles. The third kappa shape index (κ3) is 1.96. The summed E-state index contributed by atoms with van der Waals surface area (Å²) in [4.78, 5) is -0.317. The second-order valence-corrected chi connectivity index (χ2v) is 8.18. The number of hydrogen-bond donors (Lipinski definition) is 0. The van der Waals surface area contributed by atoms with Crippen LogP contribution in [-0.2, 0) is 0 Å². The molecule has 4 rings (SSSR count). The molecular weight excluding hydrogens is 257 g/mol. The standard InChI is InChI=1S/C11H14ClF3S/c12-9-2-7-1-8(3-9)5-10(4-7,6-9)16-11(13,14)15/h7-8H,1-6H2/t7-,8-,9?,10?/m0/s1. The minimum absolute atomic E-state index is 0.228. The Morgan fingerprint density at radius 2 is 1.62 bits per heavy atom. The van der Waals surface area contributed by atoms with Gasteiger partial charge in [-0.1, -0.05) is 0 Å². The van der Waals surface area contributed by atoms with E-state index in [-0.39, 0.29) is 16.6 Å². The zero-order chi connectivity index (χ0) is 11.6. The summed E-state index contributed by atoms with van der Waals surface area (Å²) in [6.07, 6.45) is 4.98. The van der Waals surface area contributed by atoms with Gasteiger partial charge < -0.3 is 0 Å². The first-order valence-electron chi connectivity index (χ1n) is 5.73. The first-order valence-corrected chi connectivity index (χ1v) is 6.93. The fraction of sp³-hybridized carbons (Fsp3) is 1.00. The van der Waals surface area contributed by atoms with E-state index in [0.29, 0.717) is 18.3 Å². The summed E-state index contributed by atoms with van der Waals surface area (Å²) >= 11 is 6.70. The Balaban J connectivity index is 1.86. The normalized spacial score (nSPS) is 51.0. The number of alkyl halides is 4. The molecule has 0 heterocycles. The number of halogens is 4. The van der Waals surface area contributed by atoms with Gasteiger partial charge in [0, 0.05) is 9.62 Å². The van der Waals surface area contributed by atoms with Crippen LogP contribution in [0.5, 0.6) is 0 Å². The van der Waals surface area contributed by atoms with Gasteiger partial charge in [0.15, 0.2) is 0 Å². The zero-order valence-electron chi connectivity index (χ0n) is 8.82. The predicted molar refractivity (Wildman–Crippen MR) is 59.6 cm³/mol. The van der Waals surface area contributed by atoms with Gasteiger partial charge in [0.1, 0.15) is 0 Å². The number of hydrogen-bond acceptors (Lipinski definition) is 1. The highest BCUT2D eigenvalue weighted by Gasteiger charge is 2.60. The van der Waals surface area contributed by atoms with Crippen LogP contribution in [0.3, 0.4) is 0 Å². The van der Waals surface area contributed by atoms with Gasteiger partial charge in [-0.05, 0) is 62.1 Å². The first-order chi connectivity index (χ1) is 7.28. The Labute approximate surface area is 102 Å². The fourth-order valence-corrected chi connectivity index (χ4v) is 6.68. The molecule has 4 aliphatic rings. The van der Waals surface area contributed by atoms with Crippen LogP contribution in [0.2, 0.25) is 0 Å². The van der Waals surface area contributed by atoms with Crippen LogP contribution in [0, 0.1) is 11.8 Å². The SMILES string of the molecule is FC(F)(F)SC12C[C@H]3C[C@@H](CC(Cl)(C3)C1)C2. The topological polar surface area (TPSA) is 0 Å². The maximum absolute atomic E-state index is 12.6. The van der Waals surface area contributed by atoms with Crippen molar-refractivity contribution in [2.75, 3.05) is 0 Å². The molecule has 4 fully saturated rings. The van der Waals surface area contributed by atoms with E-state index in [4.69, 9.17) is 11.6 Å². The van der Waals surface area contributed by atoms with E-state index < -0.39 is 10.3 Å². The Bertz CT molecular complexity index is 297. The van der Waals surface area contributed by atoms with E-state index >= 15 is 0 Å². The molecule has 4 saturated carbocycles. The summed E-state index contributed by atoms with van der Waals surface area (Å²) in [5.74, 6) is 0.877. The van der Waals surface area contributed by atoms with Crippen molar-refractivity contribution >= 4 is 23.4 Å². The predicted octanol–water partition coefficient (Wildman–Crippen LogP) is 4.57. The molecule has 0 unspecified atom stereocenters. The molecule has 2 atom stereocenters. The summed E-state index contributed by atoms with van der Waals surface area (Å²) in [7, 11) is 0. The van der Waals surface area contributed by atoms with E-state index in [1.807, 2.05) is 0 Å². The van der Waals surface area contributed by atoms with Gasteiger partial charge in [-0.25, -0.2) is 0 Å². The molecule has 4 aliphatic carbocycles. The molecule has 0 N–H and O–H groups in total. The third-order valence-electron chi connectivity index (χ3n) is 4.27. The quantitative estimate of drug-likeness (QED) is 0.629. The molecule has 0 aromatic rings. The van der Waals surface area contributed by atoms with Crippen LogP contribution in [0.1, 0.15) is 38.5 Å². The van der Waals surface area contributed by atoms with Crippen molar-refractivity contribution in [1.82, 2.24) is 0 Å². The van der Waals surface area contributed by atoms with E-state index in [0.717, 1.165) is 32.1 Å². The summed E-state index contributed by atoms with van der Waals surface area (Å²) < 4.78 is 37.2. The molecule has 0 aromatic heterocycles. The van der Waals surface area contributed by atoms with Crippen molar-refractivity contribution in [2.45, 2.75) is 53.7 Å². The van der Waals surface area contributed by atoms with Crippen molar-refractivity contribution in [3.05, 3.63) is 0 Å². The van der Waals surface area contributed by atoms with Gasteiger partial charge in [0.25, 0.3) is 0 Å². The monoisotopic (exact) mass is 270 g/mol. The van der Waals surface area contributed by atoms with Crippen LogP contribution in [0.25, 0.3) is 0 Å². The molecule has 0 amide bonds. The average Bonchev–Trinajstić information content (AvgIpc) is 1.91. The first kappa shape index (κ1) is 11.5. The molecule has 0 spiro atoms. The van der Waals surface area contributed by atoms with Crippen molar-refractivity contribution in [3.8, 4) is 0 Å². The van der Waals surface area contributed by atoms with Gasteiger partial charge in [-0.15, -0.1) is 11.6 Å². The average molecular weight is 271 g/mol. The van der Waals surface area contributed by atoms with E-state index in [1.54, 1.807) is 0 Å². The van der Waals surface area contributed by atoms with Crippen molar-refractivity contribution in [1.29, 1.82) is 0 Å². The lowest BCUT2D eigenvalue weighted by atomic mass is 9.55. The van der Waals surface area contributed by atoms with Crippen molar-refractivity contribution in [2.24, 2.45) is 11.8 Å². The molecule has 4 bridgehead atoms. The number of thioether (sulfide) groups is 1. The third-order valence-corrected chi connectivity index (χ3v) is 5.85. The summed E-state index contributed by atoms with van der Waals surface area (Å²) in [5, 5.41) is 0. The Kier molecular flexibility index (Phi) is 2.34. The molecule has 5 heteroatoms. The smallest absolute Gasteiger partial charge is 0.160 e. The lowest BCUT2D eigenvalue weighted by molar-refractivity contribution is -0.0386. The van der Waals surface area contributed by atoms with E-state index in [1.165, 1.54) is 0 Å². The Morgan fingerprint density at radius 1 is 1.06 bits per heavy atom. The Morgan fingerprint density at radius 3 is 2.06 bits per heavy atom. The lowest BCUT2D eigenvalue weighted by Crippen LogP contribution is -2.55. The highest BCUT2D eigenvalue weighted by molar-refractivity contribution is 8.01. The minimum Gasteiger partial charge on any atom is -0.160 e. The van der Waals surface area contributed by atoms with Gasteiger partial charge in [0.2, 0.25) is 0 Å². The Hall–Kier alpha value is 0.430. The van der Waals surface area contributed by atoms with Gasteiger partial charge in [0.05, 0.1) is 0 Å². The van der Waals surface area contributed by atoms with Crippen molar-refractivity contribution < 1.29 is 13.2 Å². The molecule has 0 saturated heterocycles. The maximum Gasteiger partial charge on any atom is 0.442 e. The number of rotatable bonds is 1. The van der Waals surface area contributed by atoms with Gasteiger partial charge in [-0.2, -0.15) is 13.2 Å². The van der Waals surface area contributed by atoms with Crippen LogP contribution < -0.4 is 0 Å². The van der Waals surface area contributed by atoms with Gasteiger partial charge >= 0.3 is 5.51 Å². The van der Waals surface area contributed by atoms with E-state index in [9.17, 15) is 13.2 Å². The van der Waals surface area contributed by atoms with Crippen LogP contribution in [-0.4, -0.2) is 15.1 Å². The molecule has 92 valence electrons. The highest BCUT2D eigenvalue weighted by atomic mass is 35.5. The largest absolute Gasteiger partial charge is 0.442 e. The van der Waals surface area contributed by atoms with E-state index in [2.05, 4.69) is 0 Å². The summed E-state index contributed by atoms with van der Waals surface area (Å²) in [6.45, 7) is 0. The lowest BCUT2D eigenvalue weighted by Gasteiger charge is -2.59. The maximum atomic E-state index is 12.6. The van der Waals surface area contributed by atoms with Crippen molar-refractivity contribution in [3.63, 3.8) is 0 Å². The second kappa shape index (κ2) is 3.25. The molecule has 0 nitrogen and oxygen atoms in total. The van der Waals surface area contributed by atoms with Gasteiger partial charge in [-0.3, -0.25) is 0 Å². The molecule has 16 heavy (non-hydrogen) atoms. The van der Waals surface area contributed by atoms with Crippen LogP contribution in [0.15, 0.2) is 0 Å². The summed E-state index contributed by atoms with van der Waals surface area (Å²) in [6, 6.07) is 0. The highest BCUT2D eigenvalue weighted by Crippen LogP contribution is 2.66. The zero-order valence-corrected chi connectivity index (χ0v) is 10.4. The molecule has 0 aromatic carbocycles. The fourth-order valence-electron chi connectivity index (χ4n) is 4.43.